The molecule has 0 saturated carbocycles. The monoisotopic (exact) mass is 485 g/mol. The van der Waals surface area contributed by atoms with Crippen molar-refractivity contribution in [3.8, 4) is 6.07 Å². The van der Waals surface area contributed by atoms with E-state index < -0.39 is 38.1 Å². The quantitative estimate of drug-likeness (QED) is 0.249. The van der Waals surface area contributed by atoms with Crippen molar-refractivity contribution in [3.63, 3.8) is 0 Å². The Balaban J connectivity index is 1.74. The molecule has 1 saturated heterocycles. The van der Waals surface area contributed by atoms with E-state index in [0.717, 1.165) is 5.56 Å². The van der Waals surface area contributed by atoms with Crippen molar-refractivity contribution in [2.75, 3.05) is 23.8 Å². The maximum Gasteiger partial charge on any atom is 0.472 e. The molecule has 6 atom stereocenters. The summed E-state index contributed by atoms with van der Waals surface area (Å²) in [6, 6.07) is 1.83. The first-order valence-corrected chi connectivity index (χ1v) is 12.4. The highest BCUT2D eigenvalue weighted by molar-refractivity contribution is 7.47. The topological polar surface area (TPSA) is 173 Å². The third-order valence-electron chi connectivity index (χ3n) is 5.56. The number of ether oxygens (including phenoxy) is 2. The maximum absolute atomic E-state index is 12.1. The number of phosphoric acid groups is 1. The second kappa shape index (κ2) is 10.2. The molecule has 2 aliphatic heterocycles. The van der Waals surface area contributed by atoms with Crippen molar-refractivity contribution in [1.29, 1.82) is 5.26 Å². The molecule has 0 aliphatic carbocycles. The molecule has 0 spiro atoms. The molecule has 12 nitrogen and oxygen atoms in total. The Morgan fingerprint density at radius 1 is 1.48 bits per heavy atom. The summed E-state index contributed by atoms with van der Waals surface area (Å²) in [5.41, 5.74) is 6.87. The summed E-state index contributed by atoms with van der Waals surface area (Å²) in [5, 5.41) is 18.9. The average Bonchev–Trinajstić information content (AvgIpc) is 3.24. The van der Waals surface area contributed by atoms with E-state index in [1.165, 1.54) is 20.2 Å². The Morgan fingerprint density at radius 2 is 2.21 bits per heavy atom. The van der Waals surface area contributed by atoms with Crippen LogP contribution in [0, 0.1) is 17.2 Å². The average molecular weight is 485 g/mol. The number of aromatic nitrogens is 2. The van der Waals surface area contributed by atoms with Gasteiger partial charge in [-0.2, -0.15) is 5.26 Å². The van der Waals surface area contributed by atoms with Crippen LogP contribution in [0.25, 0.3) is 0 Å². The Bertz CT molecular complexity index is 921. The molecule has 33 heavy (non-hydrogen) atoms. The normalized spacial score (nSPS) is 27.7. The molecule has 3 rings (SSSR count). The van der Waals surface area contributed by atoms with Crippen LogP contribution in [0.1, 0.15) is 46.1 Å². The van der Waals surface area contributed by atoms with Gasteiger partial charge in [-0.3, -0.25) is 9.05 Å². The zero-order chi connectivity index (χ0) is 24.4. The van der Waals surface area contributed by atoms with E-state index in [0.29, 0.717) is 24.6 Å². The minimum absolute atomic E-state index is 0.0277. The van der Waals surface area contributed by atoms with E-state index in [9.17, 15) is 14.6 Å². The lowest BCUT2D eigenvalue weighted by Crippen LogP contribution is -2.42. The van der Waals surface area contributed by atoms with Gasteiger partial charge in [-0.1, -0.05) is 6.92 Å². The first kappa shape index (κ1) is 25.8. The van der Waals surface area contributed by atoms with Gasteiger partial charge in [-0.25, -0.2) is 14.5 Å². The molecule has 1 aromatic rings. The smallest absolute Gasteiger partial charge is 0.383 e. The predicted octanol–water partition coefficient (Wildman–Crippen LogP) is 1.72. The first-order chi connectivity index (χ1) is 15.4. The van der Waals surface area contributed by atoms with E-state index in [4.69, 9.17) is 29.5 Å². The lowest BCUT2D eigenvalue weighted by atomic mass is 9.97. The number of phosphoric ester groups is 1. The van der Waals surface area contributed by atoms with Crippen LogP contribution in [0.2, 0.25) is 0 Å². The Hall–Kier alpha value is -1.84. The van der Waals surface area contributed by atoms with Crippen LogP contribution in [0.15, 0.2) is 6.33 Å². The summed E-state index contributed by atoms with van der Waals surface area (Å²) in [6.45, 7) is 7.08. The van der Waals surface area contributed by atoms with Crippen LogP contribution in [0.3, 0.4) is 0 Å². The molecule has 0 bridgehead atoms. The van der Waals surface area contributed by atoms with E-state index in [2.05, 4.69) is 9.97 Å². The number of nitrogen functional groups attached to an aromatic ring is 1. The van der Waals surface area contributed by atoms with Crippen molar-refractivity contribution in [2.24, 2.45) is 5.92 Å². The largest absolute Gasteiger partial charge is 0.472 e. The van der Waals surface area contributed by atoms with Gasteiger partial charge < -0.3 is 30.1 Å². The Kier molecular flexibility index (Phi) is 7.96. The Labute approximate surface area is 193 Å². The highest BCUT2D eigenvalue weighted by Gasteiger charge is 2.49. The van der Waals surface area contributed by atoms with Crippen LogP contribution in [0.5, 0.6) is 0 Å². The molecule has 1 unspecified atom stereocenters. The lowest BCUT2D eigenvalue weighted by Gasteiger charge is -2.31. The number of hydrogen-bond donors (Lipinski definition) is 3. The van der Waals surface area contributed by atoms with E-state index in [1.807, 2.05) is 17.9 Å². The summed E-state index contributed by atoms with van der Waals surface area (Å²) in [4.78, 5) is 20.3. The summed E-state index contributed by atoms with van der Waals surface area (Å²) in [6.07, 6.45) is 0.0588. The molecule has 3 heterocycles. The Morgan fingerprint density at radius 3 is 2.88 bits per heavy atom. The van der Waals surface area contributed by atoms with Gasteiger partial charge in [-0.15, -0.1) is 0 Å². The molecular weight excluding hydrogens is 453 g/mol. The predicted molar refractivity (Wildman–Crippen MR) is 118 cm³/mol. The zero-order valence-corrected chi connectivity index (χ0v) is 20.1. The van der Waals surface area contributed by atoms with Gasteiger partial charge in [-0.05, 0) is 27.2 Å². The van der Waals surface area contributed by atoms with Gasteiger partial charge in [0.2, 0.25) is 0 Å². The molecule has 0 radical (unpaired) electrons. The fraction of sp³-hybridized carbons (Fsp3) is 0.750. The van der Waals surface area contributed by atoms with Crippen molar-refractivity contribution < 1.29 is 33.1 Å². The second-order valence-electron chi connectivity index (χ2n) is 8.82. The summed E-state index contributed by atoms with van der Waals surface area (Å²) in [7, 11) is -4.33. The maximum atomic E-state index is 12.1. The summed E-state index contributed by atoms with van der Waals surface area (Å²) in [5.74, 6) is -0.450. The van der Waals surface area contributed by atoms with E-state index in [-0.39, 0.29) is 25.4 Å². The number of nitrogens with two attached hydrogens (primary N) is 1. The molecule has 4 N–H and O–H groups in total. The number of hydrogen-bond acceptors (Lipinski definition) is 11. The van der Waals surface area contributed by atoms with Gasteiger partial charge >= 0.3 is 7.82 Å². The molecule has 0 aromatic carbocycles. The van der Waals surface area contributed by atoms with Crippen molar-refractivity contribution >= 4 is 19.5 Å². The fourth-order valence-corrected chi connectivity index (χ4v) is 5.19. The van der Waals surface area contributed by atoms with Gasteiger partial charge in [0, 0.05) is 24.4 Å². The molecule has 0 amide bonds. The molecule has 184 valence electrons. The molecule has 1 fully saturated rings. The summed E-state index contributed by atoms with van der Waals surface area (Å²) < 4.78 is 34.5. The molecular formula is C20H32N5O7P. The van der Waals surface area contributed by atoms with E-state index >= 15 is 0 Å². The molecule has 13 heteroatoms. The van der Waals surface area contributed by atoms with Crippen LogP contribution in [0.4, 0.5) is 11.6 Å². The SMILES string of the molecule is C[C@H]1[C@H](OC(C)(C)O)[C@@H](C[C@@H](C)OP(=O)(O)OCCC#N)O[C@H]1N1CCc2c(N)ncnc21. The van der Waals surface area contributed by atoms with Crippen molar-refractivity contribution in [1.82, 2.24) is 9.97 Å². The number of rotatable bonds is 10. The fourth-order valence-electron chi connectivity index (χ4n) is 4.27. The van der Waals surface area contributed by atoms with Gasteiger partial charge in [0.1, 0.15) is 24.2 Å². The number of anilines is 2. The number of nitriles is 1. The lowest BCUT2D eigenvalue weighted by molar-refractivity contribution is -0.221. The van der Waals surface area contributed by atoms with Crippen molar-refractivity contribution in [2.45, 2.75) is 77.3 Å². The minimum atomic E-state index is -4.33. The zero-order valence-electron chi connectivity index (χ0n) is 19.2. The number of fused-ring (bicyclic) bond motifs is 1. The second-order valence-corrected chi connectivity index (χ2v) is 10.2. The van der Waals surface area contributed by atoms with Crippen molar-refractivity contribution in [3.05, 3.63) is 11.9 Å². The highest BCUT2D eigenvalue weighted by atomic mass is 31.2. The standard InChI is InChI=1S/C20H32N5O7P/c1-12(32-33(27,28)29-9-5-7-21)10-15-16(31-20(3,4)26)13(2)19(30-15)25-8-6-14-17(22)23-11-24-18(14)25/h11-13,15-16,19,26H,5-6,8-10H2,1-4H3,(H,27,28)(H2,22,23,24)/t12-,13+,15-,16+,19-/m1/s1. The summed E-state index contributed by atoms with van der Waals surface area (Å²) >= 11 is 0. The van der Waals surface area contributed by atoms with Crippen LogP contribution in [-0.2, 0) is 29.5 Å². The van der Waals surface area contributed by atoms with Gasteiger partial charge in [0.05, 0.1) is 37.4 Å². The molecule has 1 aromatic heterocycles. The van der Waals surface area contributed by atoms with E-state index in [1.54, 1.807) is 6.92 Å². The van der Waals surface area contributed by atoms with Crippen LogP contribution < -0.4 is 10.6 Å². The van der Waals surface area contributed by atoms with Gasteiger partial charge in [0.25, 0.3) is 0 Å². The van der Waals surface area contributed by atoms with Gasteiger partial charge in [0.15, 0.2) is 5.79 Å². The van der Waals surface area contributed by atoms with Crippen LogP contribution >= 0.6 is 7.82 Å². The van der Waals surface area contributed by atoms with Crippen LogP contribution in [-0.4, -0.2) is 63.4 Å². The number of aliphatic hydroxyl groups is 1. The molecule has 2 aliphatic rings. The third kappa shape index (κ3) is 6.39. The first-order valence-electron chi connectivity index (χ1n) is 10.9. The third-order valence-corrected chi connectivity index (χ3v) is 6.69. The minimum Gasteiger partial charge on any atom is -0.383 e. The number of nitrogens with zero attached hydrogens (tertiary/aromatic N) is 4. The highest BCUT2D eigenvalue weighted by Crippen LogP contribution is 2.46.